The molecule has 2 N–H and O–H groups in total. The van der Waals surface area contributed by atoms with Crippen LogP contribution >= 0.6 is 11.3 Å². The highest BCUT2D eigenvalue weighted by atomic mass is 32.1. The first-order valence-corrected chi connectivity index (χ1v) is 9.25. The van der Waals surface area contributed by atoms with Crippen LogP contribution in [0, 0.1) is 18.6 Å². The molecule has 27 heavy (non-hydrogen) atoms. The van der Waals surface area contributed by atoms with Crippen molar-refractivity contribution in [3.8, 4) is 10.4 Å². The number of nitrogens with one attached hydrogen (secondary N) is 2. The molecule has 1 aromatic carbocycles. The van der Waals surface area contributed by atoms with Gasteiger partial charge in [-0.2, -0.15) is 0 Å². The third-order valence-electron chi connectivity index (χ3n) is 4.17. The van der Waals surface area contributed by atoms with E-state index < -0.39 is 11.6 Å². The first kappa shape index (κ1) is 19.0. The predicted molar refractivity (Wildman–Crippen MR) is 102 cm³/mol. The van der Waals surface area contributed by atoms with Crippen LogP contribution in [0.3, 0.4) is 0 Å². The second-order valence-electron chi connectivity index (χ2n) is 6.14. The number of amides is 1. The number of pyridine rings is 1. The Bertz CT molecular complexity index is 1040. The molecule has 0 atom stereocenters. The lowest BCUT2D eigenvalue weighted by molar-refractivity contribution is 0.0955. The molecule has 7 heteroatoms. The molecule has 0 unspecified atom stereocenters. The molecule has 0 aliphatic carbocycles. The van der Waals surface area contributed by atoms with Gasteiger partial charge in [0.15, 0.2) is 0 Å². The van der Waals surface area contributed by atoms with Crippen LogP contribution in [0.2, 0.25) is 0 Å². The van der Waals surface area contributed by atoms with E-state index in [4.69, 9.17) is 0 Å². The van der Waals surface area contributed by atoms with E-state index >= 15 is 0 Å². The third-order valence-corrected chi connectivity index (χ3v) is 5.28. The Morgan fingerprint density at radius 3 is 2.52 bits per heavy atom. The topological polar surface area (TPSA) is 62.0 Å². The van der Waals surface area contributed by atoms with Gasteiger partial charge in [-0.1, -0.05) is 6.92 Å². The van der Waals surface area contributed by atoms with Gasteiger partial charge in [-0.25, -0.2) is 8.78 Å². The summed E-state index contributed by atoms with van der Waals surface area (Å²) in [5, 5.41) is 2.66. The lowest BCUT2D eigenvalue weighted by Crippen LogP contribution is -2.21. The van der Waals surface area contributed by atoms with Gasteiger partial charge in [0.05, 0.1) is 4.88 Å². The number of hydrogen-bond acceptors (Lipinski definition) is 3. The average molecular weight is 388 g/mol. The number of aromatic nitrogens is 1. The fraction of sp³-hybridized carbons (Fsp3) is 0.200. The van der Waals surface area contributed by atoms with Gasteiger partial charge in [0.25, 0.3) is 11.5 Å². The van der Waals surface area contributed by atoms with Crippen molar-refractivity contribution in [1.82, 2.24) is 10.3 Å². The highest BCUT2D eigenvalue weighted by Gasteiger charge is 2.13. The van der Waals surface area contributed by atoms with Gasteiger partial charge in [-0.3, -0.25) is 9.59 Å². The normalized spacial score (nSPS) is 10.8. The molecule has 0 saturated carbocycles. The number of benzene rings is 1. The van der Waals surface area contributed by atoms with Gasteiger partial charge >= 0.3 is 0 Å². The fourth-order valence-corrected chi connectivity index (χ4v) is 3.77. The van der Waals surface area contributed by atoms with Crippen LogP contribution < -0.4 is 10.9 Å². The second-order valence-corrected chi connectivity index (χ2v) is 7.22. The maximum Gasteiger partial charge on any atom is 0.261 e. The average Bonchev–Trinajstić information content (AvgIpc) is 3.09. The highest BCUT2D eigenvalue weighted by Crippen LogP contribution is 2.30. The summed E-state index contributed by atoms with van der Waals surface area (Å²) in [6.07, 6.45) is 0.617. The first-order valence-electron chi connectivity index (χ1n) is 8.43. The number of rotatable bonds is 5. The highest BCUT2D eigenvalue weighted by molar-refractivity contribution is 7.17. The minimum Gasteiger partial charge on any atom is -0.347 e. The second kappa shape index (κ2) is 7.84. The van der Waals surface area contributed by atoms with E-state index in [0.29, 0.717) is 22.4 Å². The van der Waals surface area contributed by atoms with Crippen LogP contribution in [-0.2, 0) is 13.0 Å². The van der Waals surface area contributed by atoms with Gasteiger partial charge in [0, 0.05) is 34.3 Å². The van der Waals surface area contributed by atoms with Crippen molar-refractivity contribution in [3.05, 3.63) is 80.1 Å². The molecule has 3 rings (SSSR count). The number of aryl methyl sites for hydroxylation is 2. The van der Waals surface area contributed by atoms with Gasteiger partial charge in [0.1, 0.15) is 11.6 Å². The third kappa shape index (κ3) is 4.31. The van der Waals surface area contributed by atoms with E-state index in [0.717, 1.165) is 22.2 Å². The van der Waals surface area contributed by atoms with Crippen molar-refractivity contribution < 1.29 is 13.6 Å². The van der Waals surface area contributed by atoms with E-state index in [9.17, 15) is 18.4 Å². The quantitative estimate of drug-likeness (QED) is 0.689. The van der Waals surface area contributed by atoms with E-state index in [2.05, 4.69) is 10.3 Å². The Hall–Kier alpha value is -2.80. The van der Waals surface area contributed by atoms with Crippen LogP contribution in [-0.4, -0.2) is 10.9 Å². The molecule has 0 spiro atoms. The first-order chi connectivity index (χ1) is 12.9. The minimum absolute atomic E-state index is 0.0262. The molecule has 0 fully saturated rings. The molecule has 3 aromatic rings. The Balaban J connectivity index is 1.77. The summed E-state index contributed by atoms with van der Waals surface area (Å²) in [5.74, 6) is -1.69. The van der Waals surface area contributed by atoms with E-state index in [-0.39, 0.29) is 18.0 Å². The molecule has 0 bridgehead atoms. The van der Waals surface area contributed by atoms with Gasteiger partial charge in [0.2, 0.25) is 0 Å². The van der Waals surface area contributed by atoms with Gasteiger partial charge in [-0.05, 0) is 49.2 Å². The molecular formula is C20H18F2N2O2S. The Morgan fingerprint density at radius 2 is 1.85 bits per heavy atom. The molecule has 2 heterocycles. The fourth-order valence-electron chi connectivity index (χ4n) is 2.77. The molecular weight excluding hydrogens is 370 g/mol. The number of thiophene rings is 1. The monoisotopic (exact) mass is 388 g/mol. The molecule has 0 aliphatic rings. The predicted octanol–water partition coefficient (Wildman–Crippen LogP) is 4.18. The number of halogens is 2. The van der Waals surface area contributed by atoms with Crippen molar-refractivity contribution in [2.45, 2.75) is 26.8 Å². The summed E-state index contributed by atoms with van der Waals surface area (Å²) in [5.41, 5.74) is 2.55. The molecule has 0 radical (unpaired) electrons. The zero-order valence-corrected chi connectivity index (χ0v) is 15.7. The van der Waals surface area contributed by atoms with Crippen LogP contribution in [0.1, 0.15) is 33.4 Å². The minimum atomic E-state index is -0.682. The smallest absolute Gasteiger partial charge is 0.261 e. The molecule has 2 aromatic heterocycles. The SMILES string of the molecule is CCc1cc(-c2ccc(C(=O)NCc3cc(F)cc(F)c3)s2)c(C)[nH]c1=O. The number of aromatic amines is 1. The lowest BCUT2D eigenvalue weighted by atomic mass is 10.1. The largest absolute Gasteiger partial charge is 0.347 e. The lowest BCUT2D eigenvalue weighted by Gasteiger charge is -2.06. The summed E-state index contributed by atoms with van der Waals surface area (Å²) >= 11 is 1.29. The van der Waals surface area contributed by atoms with Crippen LogP contribution in [0.4, 0.5) is 8.78 Å². The van der Waals surface area contributed by atoms with Crippen molar-refractivity contribution in [3.63, 3.8) is 0 Å². The maximum atomic E-state index is 13.2. The van der Waals surface area contributed by atoms with Crippen LogP contribution in [0.15, 0.2) is 41.2 Å². The van der Waals surface area contributed by atoms with Crippen molar-refractivity contribution in [2.24, 2.45) is 0 Å². The number of hydrogen-bond donors (Lipinski definition) is 2. The molecule has 140 valence electrons. The summed E-state index contributed by atoms with van der Waals surface area (Å²) in [6, 6.07) is 8.50. The van der Waals surface area contributed by atoms with E-state index in [1.54, 1.807) is 6.07 Å². The number of carbonyl (C=O) groups excluding carboxylic acids is 1. The van der Waals surface area contributed by atoms with Crippen molar-refractivity contribution >= 4 is 17.2 Å². The van der Waals surface area contributed by atoms with Gasteiger partial charge < -0.3 is 10.3 Å². The van der Waals surface area contributed by atoms with Crippen LogP contribution in [0.25, 0.3) is 10.4 Å². The van der Waals surface area contributed by atoms with Crippen molar-refractivity contribution in [2.75, 3.05) is 0 Å². The summed E-state index contributed by atoms with van der Waals surface area (Å²) in [4.78, 5) is 28.4. The Kier molecular flexibility index (Phi) is 5.51. The molecule has 4 nitrogen and oxygen atoms in total. The summed E-state index contributed by atoms with van der Waals surface area (Å²) < 4.78 is 26.4. The van der Waals surface area contributed by atoms with E-state index in [1.165, 1.54) is 23.5 Å². The standard InChI is InChI=1S/C20H18F2N2O2S/c1-3-13-8-16(11(2)24-19(13)25)17-4-5-18(27-17)20(26)23-10-12-6-14(21)9-15(22)7-12/h4-9H,3,10H2,1-2H3,(H,23,26)(H,24,25). The molecule has 0 saturated heterocycles. The van der Waals surface area contributed by atoms with E-state index in [1.807, 2.05) is 26.0 Å². The molecule has 0 aliphatic heterocycles. The number of carbonyl (C=O) groups is 1. The Morgan fingerprint density at radius 1 is 1.15 bits per heavy atom. The summed E-state index contributed by atoms with van der Waals surface area (Å²) in [7, 11) is 0. The summed E-state index contributed by atoms with van der Waals surface area (Å²) in [6.45, 7) is 3.75. The zero-order valence-electron chi connectivity index (χ0n) is 14.9. The molecule has 1 amide bonds. The Labute approximate surface area is 158 Å². The maximum absolute atomic E-state index is 13.2. The zero-order chi connectivity index (χ0) is 19.6. The number of H-pyrrole nitrogens is 1. The van der Waals surface area contributed by atoms with Gasteiger partial charge in [-0.15, -0.1) is 11.3 Å². The van der Waals surface area contributed by atoms with Crippen molar-refractivity contribution in [1.29, 1.82) is 0 Å². The van der Waals surface area contributed by atoms with Crippen LogP contribution in [0.5, 0.6) is 0 Å².